The van der Waals surface area contributed by atoms with Gasteiger partial charge in [-0.2, -0.15) is 0 Å². The first-order valence-corrected chi connectivity index (χ1v) is 4.93. The molecule has 0 unspecified atom stereocenters. The molecule has 0 atom stereocenters. The highest BCUT2D eigenvalue weighted by molar-refractivity contribution is 5.47. The Hall–Kier alpha value is -1.36. The van der Waals surface area contributed by atoms with Gasteiger partial charge in [-0.1, -0.05) is 0 Å². The minimum Gasteiger partial charge on any atom is -0.504 e. The van der Waals surface area contributed by atoms with Crippen LogP contribution >= 0.6 is 0 Å². The maximum Gasteiger partial charge on any atom is 0.166 e. The van der Waals surface area contributed by atoms with Crippen LogP contribution in [0.5, 0.6) is 11.5 Å². The average molecular weight is 230 g/mol. The number of rotatable bonds is 3. The lowest BCUT2D eigenvalue weighted by molar-refractivity contribution is 0.148. The first-order chi connectivity index (χ1) is 7.47. The summed E-state index contributed by atoms with van der Waals surface area (Å²) in [5.41, 5.74) is -1.23. The molecule has 2 rings (SSSR count). The highest BCUT2D eigenvalue weighted by atomic mass is 19.2. The number of halogens is 2. The Balaban J connectivity index is 2.44. The van der Waals surface area contributed by atoms with Crippen LogP contribution in [0, 0.1) is 11.6 Å². The van der Waals surface area contributed by atoms with Crippen molar-refractivity contribution in [3.63, 3.8) is 0 Å². The van der Waals surface area contributed by atoms with Crippen molar-refractivity contribution in [1.82, 2.24) is 0 Å². The summed E-state index contributed by atoms with van der Waals surface area (Å²) in [4.78, 5) is 0. The number of phenols is 1. The van der Waals surface area contributed by atoms with Crippen molar-refractivity contribution in [2.24, 2.45) is 0 Å². The topological polar surface area (TPSA) is 49.7 Å². The van der Waals surface area contributed by atoms with Crippen LogP contribution < -0.4 is 4.74 Å². The maximum absolute atomic E-state index is 13.4. The second-order valence-electron chi connectivity index (χ2n) is 4.10. The molecular formula is C11H12F2O3. The van der Waals surface area contributed by atoms with Crippen LogP contribution in [0.25, 0.3) is 0 Å². The smallest absolute Gasteiger partial charge is 0.166 e. The fraction of sp³-hybridized carbons (Fsp3) is 0.455. The fourth-order valence-electron chi connectivity index (χ4n) is 1.61. The Morgan fingerprint density at radius 1 is 1.44 bits per heavy atom. The highest BCUT2D eigenvalue weighted by Crippen LogP contribution is 2.43. The molecule has 0 saturated heterocycles. The van der Waals surface area contributed by atoms with Crippen LogP contribution in [0.2, 0.25) is 0 Å². The van der Waals surface area contributed by atoms with Gasteiger partial charge in [-0.15, -0.1) is 0 Å². The molecule has 1 aliphatic rings. The summed E-state index contributed by atoms with van der Waals surface area (Å²) in [5.74, 6) is -2.78. The van der Waals surface area contributed by atoms with E-state index in [1.165, 1.54) is 7.11 Å². The number of hydrogen-bond acceptors (Lipinski definition) is 3. The largest absolute Gasteiger partial charge is 0.504 e. The quantitative estimate of drug-likeness (QED) is 0.831. The summed E-state index contributed by atoms with van der Waals surface area (Å²) in [6.07, 6.45) is 0.966. The predicted molar refractivity (Wildman–Crippen MR) is 52.5 cm³/mol. The number of hydrogen-bond donors (Lipinski definition) is 2. The number of aromatic hydroxyl groups is 1. The summed E-state index contributed by atoms with van der Waals surface area (Å²) in [5, 5.41) is 19.3. The van der Waals surface area contributed by atoms with E-state index in [1.54, 1.807) is 0 Å². The van der Waals surface area contributed by atoms with Gasteiger partial charge < -0.3 is 14.9 Å². The van der Waals surface area contributed by atoms with Gasteiger partial charge in [0, 0.05) is 18.1 Å². The molecule has 0 bridgehead atoms. The van der Waals surface area contributed by atoms with E-state index in [2.05, 4.69) is 0 Å². The van der Waals surface area contributed by atoms with Gasteiger partial charge in [-0.3, -0.25) is 0 Å². The second-order valence-corrected chi connectivity index (χ2v) is 4.10. The van der Waals surface area contributed by atoms with Gasteiger partial charge in [-0.25, -0.2) is 8.78 Å². The van der Waals surface area contributed by atoms with Crippen molar-refractivity contribution in [2.75, 3.05) is 7.11 Å². The van der Waals surface area contributed by atoms with Crippen molar-refractivity contribution < 1.29 is 23.7 Å². The molecule has 16 heavy (non-hydrogen) atoms. The van der Waals surface area contributed by atoms with Gasteiger partial charge in [0.25, 0.3) is 0 Å². The predicted octanol–water partition coefficient (Wildman–Crippen LogP) is 1.75. The molecule has 5 heteroatoms. The zero-order valence-corrected chi connectivity index (χ0v) is 8.76. The van der Waals surface area contributed by atoms with Crippen molar-refractivity contribution in [3.05, 3.63) is 23.3 Å². The number of ether oxygens (including phenoxy) is 1. The molecular weight excluding hydrogens is 218 g/mol. The summed E-state index contributed by atoms with van der Waals surface area (Å²) in [6.45, 7) is 0. The van der Waals surface area contributed by atoms with Crippen LogP contribution in [0.1, 0.15) is 18.4 Å². The van der Waals surface area contributed by atoms with Crippen molar-refractivity contribution in [1.29, 1.82) is 0 Å². The highest BCUT2D eigenvalue weighted by Gasteiger charge is 2.42. The first kappa shape index (κ1) is 11.1. The standard InChI is InChI=1S/C11H12F2O3/c1-16-8-4-7(12)9(13)6(10(8)14)5-11(15)2-3-11/h4,14-15H,2-3,5H2,1H3. The zero-order valence-electron chi connectivity index (χ0n) is 8.76. The molecule has 0 aliphatic heterocycles. The Morgan fingerprint density at radius 3 is 2.56 bits per heavy atom. The van der Waals surface area contributed by atoms with Crippen LogP contribution in [0.3, 0.4) is 0 Å². The number of benzene rings is 1. The molecule has 1 aliphatic carbocycles. The van der Waals surface area contributed by atoms with E-state index >= 15 is 0 Å². The van der Waals surface area contributed by atoms with E-state index < -0.39 is 23.0 Å². The lowest BCUT2D eigenvalue weighted by Crippen LogP contribution is -2.13. The van der Waals surface area contributed by atoms with Crippen LogP contribution in [0.15, 0.2) is 6.07 Å². The Kier molecular flexibility index (Phi) is 2.50. The summed E-state index contributed by atoms with van der Waals surface area (Å²) >= 11 is 0. The summed E-state index contributed by atoms with van der Waals surface area (Å²) in [6, 6.07) is 0.783. The SMILES string of the molecule is COc1cc(F)c(F)c(CC2(O)CC2)c1O. The number of aliphatic hydroxyl groups is 1. The molecule has 0 amide bonds. The van der Waals surface area contributed by atoms with E-state index in [4.69, 9.17) is 4.74 Å². The van der Waals surface area contributed by atoms with E-state index in [0.717, 1.165) is 6.07 Å². The first-order valence-electron chi connectivity index (χ1n) is 4.93. The molecule has 88 valence electrons. The third-order valence-corrected chi connectivity index (χ3v) is 2.80. The lowest BCUT2D eigenvalue weighted by Gasteiger charge is -2.13. The zero-order chi connectivity index (χ0) is 11.9. The molecule has 2 N–H and O–H groups in total. The third-order valence-electron chi connectivity index (χ3n) is 2.80. The molecule has 1 saturated carbocycles. The molecule has 1 aromatic carbocycles. The summed E-state index contributed by atoms with van der Waals surface area (Å²) in [7, 11) is 1.25. The van der Waals surface area contributed by atoms with E-state index in [1.807, 2.05) is 0 Å². The van der Waals surface area contributed by atoms with Gasteiger partial charge in [0.2, 0.25) is 0 Å². The molecule has 0 heterocycles. The maximum atomic E-state index is 13.4. The van der Waals surface area contributed by atoms with E-state index in [0.29, 0.717) is 12.8 Å². The fourth-order valence-corrected chi connectivity index (χ4v) is 1.61. The van der Waals surface area contributed by atoms with Crippen LogP contribution in [-0.2, 0) is 6.42 Å². The van der Waals surface area contributed by atoms with Crippen LogP contribution in [0.4, 0.5) is 8.78 Å². The molecule has 0 aromatic heterocycles. The van der Waals surface area contributed by atoms with Gasteiger partial charge in [0.1, 0.15) is 0 Å². The van der Waals surface area contributed by atoms with E-state index in [9.17, 15) is 19.0 Å². The minimum absolute atomic E-state index is 0.0984. The Bertz CT molecular complexity index is 428. The van der Waals surface area contributed by atoms with Gasteiger partial charge >= 0.3 is 0 Å². The van der Waals surface area contributed by atoms with Gasteiger partial charge in [0.05, 0.1) is 12.7 Å². The Morgan fingerprint density at radius 2 is 2.06 bits per heavy atom. The normalized spacial score (nSPS) is 17.2. The second kappa shape index (κ2) is 3.59. The van der Waals surface area contributed by atoms with Gasteiger partial charge in [-0.05, 0) is 12.8 Å². The van der Waals surface area contributed by atoms with Gasteiger partial charge in [0.15, 0.2) is 23.1 Å². The molecule has 3 nitrogen and oxygen atoms in total. The number of methoxy groups -OCH3 is 1. The average Bonchev–Trinajstić information content (AvgIpc) is 2.97. The lowest BCUT2D eigenvalue weighted by atomic mass is 10.0. The molecule has 0 spiro atoms. The molecule has 1 fully saturated rings. The minimum atomic E-state index is -1.13. The molecule has 1 aromatic rings. The Labute approximate surface area is 91.3 Å². The van der Waals surface area contributed by atoms with Crippen LogP contribution in [-0.4, -0.2) is 22.9 Å². The number of phenolic OH excluding ortho intramolecular Hbond substituents is 1. The van der Waals surface area contributed by atoms with E-state index in [-0.39, 0.29) is 17.7 Å². The summed E-state index contributed by atoms with van der Waals surface area (Å²) < 4.78 is 31.3. The van der Waals surface area contributed by atoms with Crippen molar-refractivity contribution in [3.8, 4) is 11.5 Å². The monoisotopic (exact) mass is 230 g/mol. The van der Waals surface area contributed by atoms with Crippen molar-refractivity contribution >= 4 is 0 Å². The molecule has 0 radical (unpaired) electrons. The van der Waals surface area contributed by atoms with Crippen molar-refractivity contribution in [2.45, 2.75) is 24.9 Å². The third kappa shape index (κ3) is 1.82.